The third-order valence-corrected chi connectivity index (χ3v) is 9.02. The van der Waals surface area contributed by atoms with Gasteiger partial charge < -0.3 is 44.9 Å². The number of likely N-dealkylation sites (tertiary alicyclic amines) is 1. The van der Waals surface area contributed by atoms with E-state index in [1.807, 2.05) is 12.1 Å². The summed E-state index contributed by atoms with van der Waals surface area (Å²) in [6, 6.07) is 15.0. The maximum Gasteiger partial charge on any atom is 0.491 e. The molecule has 5 N–H and O–H groups in total. The second-order valence-corrected chi connectivity index (χ2v) is 12.2. The molecule has 0 spiro atoms. The van der Waals surface area contributed by atoms with E-state index in [9.17, 15) is 29.2 Å². The van der Waals surface area contributed by atoms with Crippen LogP contribution in [0.1, 0.15) is 50.2 Å². The van der Waals surface area contributed by atoms with Crippen molar-refractivity contribution in [1.29, 1.82) is 0 Å². The average Bonchev–Trinajstić information content (AvgIpc) is 3.80. The van der Waals surface area contributed by atoms with Crippen molar-refractivity contribution in [3.05, 3.63) is 88.5 Å². The highest BCUT2D eigenvalue weighted by Gasteiger charge is 2.42. The van der Waals surface area contributed by atoms with Crippen LogP contribution in [-0.4, -0.2) is 91.6 Å². The first kappa shape index (κ1) is 33.2. The Bertz CT molecular complexity index is 1720. The summed E-state index contributed by atoms with van der Waals surface area (Å²) in [7, 11) is 0.819. The number of hydrogen-bond donors (Lipinski definition) is 5. The minimum absolute atomic E-state index is 0.00566. The van der Waals surface area contributed by atoms with E-state index in [4.69, 9.17) is 14.0 Å². The van der Waals surface area contributed by atoms with Gasteiger partial charge in [-0.05, 0) is 76.9 Å². The Hall–Kier alpha value is -4.69. The van der Waals surface area contributed by atoms with Crippen LogP contribution in [0.2, 0.25) is 0 Å². The zero-order chi connectivity index (χ0) is 33.9. The Morgan fingerprint density at radius 2 is 1.56 bits per heavy atom. The lowest BCUT2D eigenvalue weighted by atomic mass is 9.78. The molecule has 3 aliphatic rings. The fourth-order valence-corrected chi connectivity index (χ4v) is 6.40. The molecule has 15 heteroatoms. The first-order chi connectivity index (χ1) is 23.1. The Labute approximate surface area is 278 Å². The summed E-state index contributed by atoms with van der Waals surface area (Å²) in [5.74, 6) is -0.935. The Balaban J connectivity index is 1.23. The second-order valence-electron chi connectivity index (χ2n) is 12.2. The molecule has 0 aromatic heterocycles. The molecule has 3 aromatic carbocycles. The number of methoxy groups -OCH3 is 1. The van der Waals surface area contributed by atoms with E-state index < -0.39 is 50.1 Å². The van der Waals surface area contributed by atoms with Gasteiger partial charge in [-0.2, -0.15) is 0 Å². The quantitative estimate of drug-likeness (QED) is 0.172. The smallest absolute Gasteiger partial charge is 0.491 e. The van der Waals surface area contributed by atoms with Crippen LogP contribution in [0.4, 0.5) is 0 Å². The van der Waals surface area contributed by atoms with Gasteiger partial charge in [-0.25, -0.2) is 0 Å². The number of fused-ring (bicyclic) bond motifs is 2. The van der Waals surface area contributed by atoms with E-state index in [1.165, 1.54) is 11.9 Å². The summed E-state index contributed by atoms with van der Waals surface area (Å²) in [5.41, 5.74) is 4.00. The van der Waals surface area contributed by atoms with Crippen LogP contribution in [-0.2, 0) is 38.5 Å². The number of nitrogens with one attached hydrogen (secondary N) is 3. The zero-order valence-corrected chi connectivity index (χ0v) is 26.6. The zero-order valence-electron chi connectivity index (χ0n) is 26.6. The highest BCUT2D eigenvalue weighted by molar-refractivity contribution is 6.62. The summed E-state index contributed by atoms with van der Waals surface area (Å²) in [6.45, 7) is 0.509. The Morgan fingerprint density at radius 1 is 0.938 bits per heavy atom. The molecule has 6 rings (SSSR count). The van der Waals surface area contributed by atoms with Crippen molar-refractivity contribution in [3.63, 3.8) is 0 Å². The summed E-state index contributed by atoms with van der Waals surface area (Å²) >= 11 is 0. The minimum atomic E-state index is -1.16. The normalized spacial score (nSPS) is 18.6. The van der Waals surface area contributed by atoms with Gasteiger partial charge in [-0.3, -0.25) is 19.2 Å². The lowest BCUT2D eigenvalue weighted by Gasteiger charge is -2.26. The SMILES string of the molecule is CNC(=O)C[C@H](Cc1ccc(OC)cc1)NC(=O)[C@@H]1C[C@@H](NC(=O)c2ccc3c(c2)B(O)OC3)CN1C(=O)c1ccc2c(c1)B(O)OC2. The molecule has 13 nitrogen and oxygen atoms in total. The fourth-order valence-electron chi connectivity index (χ4n) is 6.40. The molecular weight excluding hydrogens is 618 g/mol. The monoisotopic (exact) mass is 654 g/mol. The van der Waals surface area contributed by atoms with Gasteiger partial charge in [0.1, 0.15) is 11.8 Å². The minimum Gasteiger partial charge on any atom is -0.497 e. The molecular formula is C33H36B2N4O9. The van der Waals surface area contributed by atoms with Crippen LogP contribution in [0.15, 0.2) is 60.7 Å². The Kier molecular flexibility index (Phi) is 9.83. The molecule has 1 fully saturated rings. The summed E-state index contributed by atoms with van der Waals surface area (Å²) in [5, 5.41) is 28.9. The van der Waals surface area contributed by atoms with Crippen LogP contribution >= 0.6 is 0 Å². The van der Waals surface area contributed by atoms with Gasteiger partial charge in [-0.1, -0.05) is 24.3 Å². The van der Waals surface area contributed by atoms with Gasteiger partial charge >= 0.3 is 14.2 Å². The molecule has 1 saturated heterocycles. The molecule has 3 aliphatic heterocycles. The molecule has 3 atom stereocenters. The van der Waals surface area contributed by atoms with Crippen LogP contribution < -0.4 is 31.6 Å². The first-order valence-corrected chi connectivity index (χ1v) is 15.7. The van der Waals surface area contributed by atoms with Gasteiger partial charge in [0.05, 0.1) is 20.3 Å². The molecule has 0 radical (unpaired) electrons. The van der Waals surface area contributed by atoms with Crippen molar-refractivity contribution in [3.8, 4) is 5.75 Å². The molecule has 248 valence electrons. The Morgan fingerprint density at radius 3 is 2.19 bits per heavy atom. The largest absolute Gasteiger partial charge is 0.497 e. The van der Waals surface area contributed by atoms with Gasteiger partial charge in [0, 0.05) is 43.2 Å². The van der Waals surface area contributed by atoms with E-state index >= 15 is 0 Å². The molecule has 0 aliphatic carbocycles. The van der Waals surface area contributed by atoms with Crippen molar-refractivity contribution in [1.82, 2.24) is 20.9 Å². The van der Waals surface area contributed by atoms with Crippen molar-refractivity contribution < 1.29 is 43.3 Å². The number of benzene rings is 3. The average molecular weight is 654 g/mol. The van der Waals surface area contributed by atoms with E-state index in [-0.39, 0.29) is 44.1 Å². The number of carbonyl (C=O) groups excluding carboxylic acids is 4. The van der Waals surface area contributed by atoms with Crippen molar-refractivity contribution in [2.45, 2.75) is 50.6 Å². The molecule has 4 amide bonds. The van der Waals surface area contributed by atoms with Crippen LogP contribution in [0.5, 0.6) is 5.75 Å². The molecule has 3 heterocycles. The highest BCUT2D eigenvalue weighted by atomic mass is 16.5. The van der Waals surface area contributed by atoms with Gasteiger partial charge in [0.25, 0.3) is 11.8 Å². The standard InChI is InChI=1S/C33H36B2N4O9/c1-36-30(40)15-24(11-19-3-9-26(46-2)10-4-19)37-32(42)29-14-25(38-31(41)20-5-7-22-17-47-34(44)27(22)12-20)16-39(29)33(43)21-6-8-23-18-48-35(45)28(23)13-21/h3-10,12-13,24-25,29,44-45H,11,14-18H2,1-2H3,(H,36,40)(H,37,42)(H,38,41)/t24-,25+,29-/m0/s1. The van der Waals surface area contributed by atoms with Crippen LogP contribution in [0.25, 0.3) is 0 Å². The van der Waals surface area contributed by atoms with Crippen molar-refractivity contribution in [2.75, 3.05) is 20.7 Å². The number of carbonyl (C=O) groups is 4. The lowest BCUT2D eigenvalue weighted by Crippen LogP contribution is -2.50. The number of rotatable bonds is 10. The number of ether oxygens (including phenoxy) is 1. The second kappa shape index (κ2) is 14.2. The predicted octanol–water partition coefficient (Wildman–Crippen LogP) is -0.993. The van der Waals surface area contributed by atoms with Crippen molar-refractivity contribution >= 4 is 48.8 Å². The fraction of sp³-hybridized carbons (Fsp3) is 0.333. The third-order valence-electron chi connectivity index (χ3n) is 9.02. The number of nitrogens with zero attached hydrogens (tertiary/aromatic N) is 1. The highest BCUT2D eigenvalue weighted by Crippen LogP contribution is 2.24. The molecule has 48 heavy (non-hydrogen) atoms. The number of hydrogen-bond acceptors (Lipinski definition) is 9. The first-order valence-electron chi connectivity index (χ1n) is 15.7. The molecule has 0 saturated carbocycles. The summed E-state index contributed by atoms with van der Waals surface area (Å²) in [4.78, 5) is 55.2. The lowest BCUT2D eigenvalue weighted by molar-refractivity contribution is -0.126. The van der Waals surface area contributed by atoms with Crippen LogP contribution in [0, 0.1) is 0 Å². The van der Waals surface area contributed by atoms with E-state index in [1.54, 1.807) is 55.6 Å². The third kappa shape index (κ3) is 7.09. The van der Waals surface area contributed by atoms with Crippen molar-refractivity contribution in [2.24, 2.45) is 0 Å². The maximum absolute atomic E-state index is 14.0. The molecule has 3 aromatic rings. The topological polar surface area (TPSA) is 176 Å². The number of amides is 4. The van der Waals surface area contributed by atoms with Gasteiger partial charge in [0.15, 0.2) is 0 Å². The maximum atomic E-state index is 14.0. The van der Waals surface area contributed by atoms with Crippen LogP contribution in [0.3, 0.4) is 0 Å². The van der Waals surface area contributed by atoms with E-state index in [0.29, 0.717) is 28.7 Å². The predicted molar refractivity (Wildman–Crippen MR) is 176 cm³/mol. The summed E-state index contributed by atoms with van der Waals surface area (Å²) in [6.07, 6.45) is 0.470. The summed E-state index contributed by atoms with van der Waals surface area (Å²) < 4.78 is 15.8. The van der Waals surface area contributed by atoms with E-state index in [2.05, 4.69) is 16.0 Å². The van der Waals surface area contributed by atoms with Gasteiger partial charge in [-0.15, -0.1) is 0 Å². The molecule has 0 unspecified atom stereocenters. The molecule has 0 bridgehead atoms. The van der Waals surface area contributed by atoms with Gasteiger partial charge in [0.2, 0.25) is 11.8 Å². The van der Waals surface area contributed by atoms with E-state index in [0.717, 1.165) is 16.7 Å².